The molecule has 1 aliphatic heterocycles. The number of rotatable bonds is 4. The highest BCUT2D eigenvalue weighted by molar-refractivity contribution is 7.90. The number of H-pyrrole nitrogens is 1. The molecular weight excluding hydrogens is 376 g/mol. The number of benzene rings is 1. The van der Waals surface area contributed by atoms with Crippen molar-refractivity contribution in [2.75, 3.05) is 19.3 Å². The second-order valence-electron chi connectivity index (χ2n) is 7.28. The summed E-state index contributed by atoms with van der Waals surface area (Å²) in [5.41, 5.74) is 2.56. The number of amides is 1. The second-order valence-corrected chi connectivity index (χ2v) is 9.30. The summed E-state index contributed by atoms with van der Waals surface area (Å²) in [4.78, 5) is 19.2. The molecule has 2 aromatic heterocycles. The molecule has 4 rings (SSSR count). The Morgan fingerprint density at radius 1 is 1.25 bits per heavy atom. The fourth-order valence-corrected chi connectivity index (χ4v) is 4.39. The van der Waals surface area contributed by atoms with Crippen LogP contribution < -0.4 is 0 Å². The van der Waals surface area contributed by atoms with Crippen LogP contribution in [0.3, 0.4) is 0 Å². The zero-order valence-electron chi connectivity index (χ0n) is 15.6. The Kier molecular flexibility index (Phi) is 4.89. The Labute approximate surface area is 163 Å². The van der Waals surface area contributed by atoms with Gasteiger partial charge in [-0.3, -0.25) is 9.89 Å². The first kappa shape index (κ1) is 18.6. The number of hydrogen-bond acceptors (Lipinski definition) is 5. The summed E-state index contributed by atoms with van der Waals surface area (Å²) >= 11 is 0. The minimum atomic E-state index is -3.23. The number of fused-ring (bicyclic) bond motifs is 1. The monoisotopic (exact) mass is 398 g/mol. The van der Waals surface area contributed by atoms with E-state index in [0.717, 1.165) is 36.0 Å². The van der Waals surface area contributed by atoms with E-state index in [1.165, 1.54) is 6.26 Å². The zero-order chi connectivity index (χ0) is 19.7. The standard InChI is InChI=1S/C20H22N4O3S/c1-28(26,27)16-8-6-14(7-9-16)12-18(25)24-11-3-4-15(13-24)19-17-5-2-10-21-20(17)23-22-19/h2,5-10,15H,3-4,11-13H2,1H3,(H,21,22,23). The van der Waals surface area contributed by atoms with E-state index in [0.29, 0.717) is 12.2 Å². The number of sulfone groups is 1. The Morgan fingerprint density at radius 2 is 2.04 bits per heavy atom. The van der Waals surface area contributed by atoms with E-state index in [2.05, 4.69) is 15.2 Å². The predicted molar refractivity (Wildman–Crippen MR) is 106 cm³/mol. The lowest BCUT2D eigenvalue weighted by molar-refractivity contribution is -0.131. The molecule has 1 aromatic carbocycles. The second kappa shape index (κ2) is 7.35. The van der Waals surface area contributed by atoms with Gasteiger partial charge in [0, 0.05) is 42.5 Å². The third-order valence-electron chi connectivity index (χ3n) is 5.25. The predicted octanol–water partition coefficient (Wildman–Crippen LogP) is 2.31. The van der Waals surface area contributed by atoms with E-state index < -0.39 is 9.84 Å². The molecule has 1 aliphatic rings. The molecule has 1 unspecified atom stereocenters. The molecule has 0 aliphatic carbocycles. The molecule has 7 nitrogen and oxygen atoms in total. The number of piperidine rings is 1. The van der Waals surface area contributed by atoms with Crippen LogP contribution in [-0.2, 0) is 21.1 Å². The number of likely N-dealkylation sites (tertiary alicyclic amines) is 1. The SMILES string of the molecule is CS(=O)(=O)c1ccc(CC(=O)N2CCCC(c3[nH]nc4ncccc34)C2)cc1. The van der Waals surface area contributed by atoms with Gasteiger partial charge in [0.1, 0.15) is 0 Å². The van der Waals surface area contributed by atoms with Gasteiger partial charge in [-0.05, 0) is 42.7 Å². The van der Waals surface area contributed by atoms with Gasteiger partial charge >= 0.3 is 0 Å². The molecule has 8 heteroatoms. The maximum atomic E-state index is 12.8. The van der Waals surface area contributed by atoms with Gasteiger partial charge < -0.3 is 4.90 Å². The van der Waals surface area contributed by atoms with Crippen LogP contribution in [-0.4, -0.2) is 53.8 Å². The van der Waals surface area contributed by atoms with Gasteiger partial charge in [0.2, 0.25) is 5.91 Å². The Bertz CT molecular complexity index is 1110. The summed E-state index contributed by atoms with van der Waals surface area (Å²) in [5, 5.41) is 8.39. The minimum Gasteiger partial charge on any atom is -0.342 e. The van der Waals surface area contributed by atoms with Crippen molar-refractivity contribution in [3.05, 3.63) is 53.9 Å². The van der Waals surface area contributed by atoms with Gasteiger partial charge in [-0.2, -0.15) is 5.10 Å². The number of aromatic amines is 1. The van der Waals surface area contributed by atoms with Crippen LogP contribution in [0.15, 0.2) is 47.5 Å². The number of aromatic nitrogens is 3. The van der Waals surface area contributed by atoms with Crippen molar-refractivity contribution < 1.29 is 13.2 Å². The summed E-state index contributed by atoms with van der Waals surface area (Å²) in [6.07, 6.45) is 5.10. The van der Waals surface area contributed by atoms with E-state index in [-0.39, 0.29) is 23.1 Å². The summed E-state index contributed by atoms with van der Waals surface area (Å²) < 4.78 is 23.1. The highest BCUT2D eigenvalue weighted by atomic mass is 32.2. The Balaban J connectivity index is 1.46. The number of pyridine rings is 1. The van der Waals surface area contributed by atoms with Crippen molar-refractivity contribution in [2.24, 2.45) is 0 Å². The number of nitrogens with one attached hydrogen (secondary N) is 1. The highest BCUT2D eigenvalue weighted by Crippen LogP contribution is 2.30. The van der Waals surface area contributed by atoms with Gasteiger partial charge in [-0.25, -0.2) is 13.4 Å². The maximum Gasteiger partial charge on any atom is 0.227 e. The summed E-state index contributed by atoms with van der Waals surface area (Å²) in [6.45, 7) is 1.38. The van der Waals surface area contributed by atoms with Gasteiger partial charge in [-0.1, -0.05) is 12.1 Å². The number of hydrogen-bond donors (Lipinski definition) is 1. The molecule has 3 aromatic rings. The maximum absolute atomic E-state index is 12.8. The van der Waals surface area contributed by atoms with Crippen molar-refractivity contribution in [3.63, 3.8) is 0 Å². The fourth-order valence-electron chi connectivity index (χ4n) is 3.76. The number of carbonyl (C=O) groups excluding carboxylic acids is 1. The molecule has 1 atom stereocenters. The van der Waals surface area contributed by atoms with Gasteiger partial charge in [-0.15, -0.1) is 0 Å². The molecule has 28 heavy (non-hydrogen) atoms. The van der Waals surface area contributed by atoms with Crippen LogP contribution >= 0.6 is 0 Å². The topological polar surface area (TPSA) is 96.0 Å². The molecule has 0 saturated carbocycles. The van der Waals surface area contributed by atoms with Crippen LogP contribution in [0.25, 0.3) is 11.0 Å². The average molecular weight is 398 g/mol. The van der Waals surface area contributed by atoms with E-state index >= 15 is 0 Å². The smallest absolute Gasteiger partial charge is 0.227 e. The van der Waals surface area contributed by atoms with Crippen LogP contribution in [0.1, 0.15) is 30.0 Å². The fraction of sp³-hybridized carbons (Fsp3) is 0.350. The molecule has 0 radical (unpaired) electrons. The average Bonchev–Trinajstić information content (AvgIpc) is 3.12. The zero-order valence-corrected chi connectivity index (χ0v) is 16.4. The first-order valence-corrected chi connectivity index (χ1v) is 11.2. The molecule has 1 N–H and O–H groups in total. The molecule has 3 heterocycles. The van der Waals surface area contributed by atoms with Crippen molar-refractivity contribution in [1.82, 2.24) is 20.1 Å². The van der Waals surface area contributed by atoms with Crippen LogP contribution in [0.2, 0.25) is 0 Å². The summed E-state index contributed by atoms with van der Waals surface area (Å²) in [6, 6.07) is 10.4. The van der Waals surface area contributed by atoms with E-state index in [9.17, 15) is 13.2 Å². The first-order chi connectivity index (χ1) is 13.4. The lowest BCUT2D eigenvalue weighted by Gasteiger charge is -2.32. The van der Waals surface area contributed by atoms with Crippen molar-refractivity contribution in [2.45, 2.75) is 30.1 Å². The quantitative estimate of drug-likeness (QED) is 0.728. The van der Waals surface area contributed by atoms with E-state index in [1.807, 2.05) is 17.0 Å². The third kappa shape index (κ3) is 3.77. The third-order valence-corrected chi connectivity index (χ3v) is 6.38. The lowest BCUT2D eigenvalue weighted by atomic mass is 9.93. The van der Waals surface area contributed by atoms with Crippen LogP contribution in [0.5, 0.6) is 0 Å². The first-order valence-electron chi connectivity index (χ1n) is 9.27. The van der Waals surface area contributed by atoms with Gasteiger partial charge in [0.05, 0.1) is 11.3 Å². The van der Waals surface area contributed by atoms with Gasteiger partial charge in [0.25, 0.3) is 0 Å². The van der Waals surface area contributed by atoms with Crippen LogP contribution in [0, 0.1) is 0 Å². The highest BCUT2D eigenvalue weighted by Gasteiger charge is 2.27. The minimum absolute atomic E-state index is 0.0544. The molecule has 1 fully saturated rings. The molecule has 1 saturated heterocycles. The van der Waals surface area contributed by atoms with Crippen LogP contribution in [0.4, 0.5) is 0 Å². The van der Waals surface area contributed by atoms with Crippen molar-refractivity contribution in [1.29, 1.82) is 0 Å². The molecule has 146 valence electrons. The molecule has 1 amide bonds. The van der Waals surface area contributed by atoms with Crippen molar-refractivity contribution in [3.8, 4) is 0 Å². The van der Waals surface area contributed by atoms with Crippen molar-refractivity contribution >= 4 is 26.8 Å². The van der Waals surface area contributed by atoms with Gasteiger partial charge in [0.15, 0.2) is 15.5 Å². The Hall–Kier alpha value is -2.74. The Morgan fingerprint density at radius 3 is 2.79 bits per heavy atom. The lowest BCUT2D eigenvalue weighted by Crippen LogP contribution is -2.40. The molecule has 0 spiro atoms. The molecule has 0 bridgehead atoms. The summed E-state index contributed by atoms with van der Waals surface area (Å²) in [7, 11) is -3.23. The molecular formula is C20H22N4O3S. The van der Waals surface area contributed by atoms with E-state index in [4.69, 9.17) is 0 Å². The largest absolute Gasteiger partial charge is 0.342 e. The van der Waals surface area contributed by atoms with E-state index in [1.54, 1.807) is 30.5 Å². The normalized spacial score (nSPS) is 17.8. The summed E-state index contributed by atoms with van der Waals surface area (Å²) in [5.74, 6) is 0.262. The number of nitrogens with zero attached hydrogens (tertiary/aromatic N) is 3. The number of carbonyl (C=O) groups is 1.